The van der Waals surface area contributed by atoms with Gasteiger partial charge >= 0.3 is 6.18 Å². The maximum absolute atomic E-state index is 13.8. The minimum atomic E-state index is -4.45. The molecule has 0 bridgehead atoms. The average molecular weight is 468 g/mol. The third-order valence-corrected chi connectivity index (χ3v) is 7.30. The van der Waals surface area contributed by atoms with Crippen molar-refractivity contribution in [1.29, 1.82) is 0 Å². The van der Waals surface area contributed by atoms with Gasteiger partial charge in [-0.1, -0.05) is 26.0 Å². The summed E-state index contributed by atoms with van der Waals surface area (Å²) in [7, 11) is 1.67. The Balaban J connectivity index is 1.49. The molecule has 0 spiro atoms. The van der Waals surface area contributed by atoms with Crippen LogP contribution in [0, 0.1) is 11.3 Å². The molecule has 9 heteroatoms. The lowest BCUT2D eigenvalue weighted by Crippen LogP contribution is -2.52. The number of carbonyl (C=O) groups is 1. The molecule has 3 heterocycles. The van der Waals surface area contributed by atoms with Crippen molar-refractivity contribution < 1.29 is 27.4 Å². The van der Waals surface area contributed by atoms with Crippen LogP contribution in [0.25, 0.3) is 0 Å². The molecule has 0 radical (unpaired) electrons. The summed E-state index contributed by atoms with van der Waals surface area (Å²) >= 11 is 0. The highest BCUT2D eigenvalue weighted by molar-refractivity contribution is 5.86. The van der Waals surface area contributed by atoms with Crippen LogP contribution < -0.4 is 5.32 Å². The largest absolute Gasteiger partial charge is 0.417 e. The highest BCUT2D eigenvalue weighted by Crippen LogP contribution is 2.42. The molecule has 0 unspecified atom stereocenters. The van der Waals surface area contributed by atoms with Gasteiger partial charge in [0.25, 0.3) is 0 Å². The van der Waals surface area contributed by atoms with E-state index in [4.69, 9.17) is 9.47 Å². The van der Waals surface area contributed by atoms with Crippen LogP contribution in [-0.4, -0.2) is 60.8 Å². The fraction of sp³-hybridized carbons (Fsp3) is 0.667. The maximum Gasteiger partial charge on any atom is 0.417 e. The van der Waals surface area contributed by atoms with E-state index in [-0.39, 0.29) is 36.6 Å². The van der Waals surface area contributed by atoms with Crippen LogP contribution in [0.15, 0.2) is 24.4 Å². The van der Waals surface area contributed by atoms with Crippen molar-refractivity contribution >= 4 is 5.91 Å². The molecule has 1 aromatic heterocycles. The normalized spacial score (nSPS) is 30.0. The Bertz CT molecular complexity index is 905. The van der Waals surface area contributed by atoms with Gasteiger partial charge in [0.2, 0.25) is 5.91 Å². The molecule has 1 aliphatic carbocycles. The van der Waals surface area contributed by atoms with E-state index < -0.39 is 17.2 Å². The molecule has 1 N–H and O–H groups in total. The summed E-state index contributed by atoms with van der Waals surface area (Å²) in [5, 5.41) is 3.63. The molecule has 33 heavy (non-hydrogen) atoms. The van der Waals surface area contributed by atoms with Crippen molar-refractivity contribution in [3.05, 3.63) is 41.2 Å². The number of amides is 1. The van der Waals surface area contributed by atoms with E-state index in [2.05, 4.69) is 16.4 Å². The van der Waals surface area contributed by atoms with Gasteiger partial charge < -0.3 is 19.7 Å². The lowest BCUT2D eigenvalue weighted by Gasteiger charge is -2.39. The van der Waals surface area contributed by atoms with E-state index in [1.54, 1.807) is 12.0 Å². The zero-order valence-corrected chi connectivity index (χ0v) is 19.3. The number of alkyl halides is 3. The summed E-state index contributed by atoms with van der Waals surface area (Å²) < 4.78 is 50.5. The van der Waals surface area contributed by atoms with E-state index in [0.717, 1.165) is 18.7 Å². The van der Waals surface area contributed by atoms with Crippen LogP contribution in [0.1, 0.15) is 43.5 Å². The molecular weight excluding hydrogens is 435 g/mol. The van der Waals surface area contributed by atoms with Crippen molar-refractivity contribution in [1.82, 2.24) is 15.2 Å². The standard InChI is InChI=1S/C24H32F3N3O3/c1-15(2)23(7-4-18(11-23)29-20-6-9-33-14-21(20)32-3)22(31)30-8-5-19-16(13-30)10-17(12-28-19)24(25,26)27/h4,7,10,12,15,18,20-21,29H,5-6,8-9,11,13-14H2,1-3H3/t18-,20+,21-,23+/m1/s1. The van der Waals surface area contributed by atoms with Crippen LogP contribution in [0.5, 0.6) is 0 Å². The SMILES string of the molecule is CO[C@@H]1COCC[C@@H]1N[C@@H]1C=C[C@@](C(=O)N2CCc3ncc(C(F)(F)F)cc3C2)(C(C)C)C1. The Labute approximate surface area is 192 Å². The van der Waals surface area contributed by atoms with Crippen LogP contribution in [0.4, 0.5) is 13.2 Å². The number of methoxy groups -OCH3 is 1. The second kappa shape index (κ2) is 9.35. The molecular formula is C24H32F3N3O3. The Kier molecular flexibility index (Phi) is 6.85. The van der Waals surface area contributed by atoms with E-state index in [1.165, 1.54) is 0 Å². The van der Waals surface area contributed by atoms with Crippen molar-refractivity contribution in [3.63, 3.8) is 0 Å². The highest BCUT2D eigenvalue weighted by atomic mass is 19.4. The summed E-state index contributed by atoms with van der Waals surface area (Å²) in [5.41, 5.74) is -0.358. The van der Waals surface area contributed by atoms with Crippen molar-refractivity contribution in [3.8, 4) is 0 Å². The number of carbonyl (C=O) groups excluding carboxylic acids is 1. The summed E-state index contributed by atoms with van der Waals surface area (Å²) in [6.07, 6.45) is 2.35. The van der Waals surface area contributed by atoms with E-state index in [9.17, 15) is 18.0 Å². The van der Waals surface area contributed by atoms with Gasteiger partial charge in [0, 0.05) is 57.2 Å². The van der Waals surface area contributed by atoms with Crippen molar-refractivity contribution in [2.75, 3.05) is 26.9 Å². The molecule has 1 amide bonds. The summed E-state index contributed by atoms with van der Waals surface area (Å²) in [4.78, 5) is 19.5. The van der Waals surface area contributed by atoms with Gasteiger partial charge in [0.15, 0.2) is 0 Å². The Morgan fingerprint density at radius 1 is 1.39 bits per heavy atom. The molecule has 6 nitrogen and oxygen atoms in total. The van der Waals surface area contributed by atoms with Crippen molar-refractivity contribution in [2.45, 2.75) is 64.0 Å². The molecule has 1 saturated heterocycles. The number of nitrogens with one attached hydrogen (secondary N) is 1. The molecule has 182 valence electrons. The zero-order chi connectivity index (χ0) is 23.8. The van der Waals surface area contributed by atoms with Gasteiger partial charge in [-0.25, -0.2) is 0 Å². The van der Waals surface area contributed by atoms with E-state index >= 15 is 0 Å². The second-order valence-corrected chi connectivity index (χ2v) is 9.58. The summed E-state index contributed by atoms with van der Waals surface area (Å²) in [6.45, 7) is 5.87. The number of pyridine rings is 1. The minimum absolute atomic E-state index is 0.0210. The van der Waals surface area contributed by atoms with Gasteiger partial charge in [-0.05, 0) is 30.4 Å². The van der Waals surface area contributed by atoms with E-state index in [0.29, 0.717) is 43.9 Å². The number of fused-ring (bicyclic) bond motifs is 1. The molecule has 4 rings (SSSR count). The molecule has 2 aliphatic heterocycles. The number of halogens is 3. The first-order valence-corrected chi connectivity index (χ1v) is 11.5. The molecule has 4 atom stereocenters. The first-order valence-electron chi connectivity index (χ1n) is 11.5. The van der Waals surface area contributed by atoms with Gasteiger partial charge in [-0.15, -0.1) is 0 Å². The lowest BCUT2D eigenvalue weighted by molar-refractivity contribution is -0.143. The minimum Gasteiger partial charge on any atom is -0.379 e. The lowest BCUT2D eigenvalue weighted by atomic mass is 9.74. The molecule has 3 aliphatic rings. The number of aromatic nitrogens is 1. The highest BCUT2D eigenvalue weighted by Gasteiger charge is 2.47. The Morgan fingerprint density at radius 3 is 2.88 bits per heavy atom. The third kappa shape index (κ3) is 4.81. The van der Waals surface area contributed by atoms with E-state index in [1.807, 2.05) is 19.9 Å². The smallest absolute Gasteiger partial charge is 0.379 e. The number of rotatable bonds is 5. The van der Waals surface area contributed by atoms with Gasteiger partial charge in [-0.3, -0.25) is 9.78 Å². The number of ether oxygens (including phenoxy) is 2. The maximum atomic E-state index is 13.8. The van der Waals surface area contributed by atoms with Crippen LogP contribution in [-0.2, 0) is 33.4 Å². The van der Waals surface area contributed by atoms with Gasteiger partial charge in [0.1, 0.15) is 0 Å². The third-order valence-electron chi connectivity index (χ3n) is 7.30. The number of hydrogen-bond donors (Lipinski definition) is 1. The quantitative estimate of drug-likeness (QED) is 0.673. The summed E-state index contributed by atoms with van der Waals surface area (Å²) in [6, 6.07) is 1.30. The van der Waals surface area contributed by atoms with Crippen LogP contribution in [0.3, 0.4) is 0 Å². The fourth-order valence-electron chi connectivity index (χ4n) is 5.19. The monoisotopic (exact) mass is 467 g/mol. The van der Waals surface area contributed by atoms with Gasteiger partial charge in [0.05, 0.1) is 23.7 Å². The second-order valence-electron chi connectivity index (χ2n) is 9.58. The zero-order valence-electron chi connectivity index (χ0n) is 19.3. The Hall–Kier alpha value is -1.97. The summed E-state index contributed by atoms with van der Waals surface area (Å²) in [5.74, 6) is 0.0124. The van der Waals surface area contributed by atoms with Crippen molar-refractivity contribution in [2.24, 2.45) is 11.3 Å². The molecule has 0 aromatic carbocycles. The Morgan fingerprint density at radius 2 is 2.18 bits per heavy atom. The molecule has 1 aromatic rings. The number of nitrogens with zero attached hydrogens (tertiary/aromatic N) is 2. The predicted molar refractivity (Wildman–Crippen MR) is 116 cm³/mol. The average Bonchev–Trinajstić information content (AvgIpc) is 3.23. The first-order chi connectivity index (χ1) is 15.6. The number of hydrogen-bond acceptors (Lipinski definition) is 5. The first kappa shape index (κ1) is 24.2. The van der Waals surface area contributed by atoms with Crippen LogP contribution >= 0.6 is 0 Å². The van der Waals surface area contributed by atoms with Crippen LogP contribution in [0.2, 0.25) is 0 Å². The molecule has 0 saturated carbocycles. The predicted octanol–water partition coefficient (Wildman–Crippen LogP) is 3.35. The van der Waals surface area contributed by atoms with Gasteiger partial charge in [-0.2, -0.15) is 13.2 Å². The molecule has 1 fully saturated rings. The fourth-order valence-corrected chi connectivity index (χ4v) is 5.19. The topological polar surface area (TPSA) is 63.7 Å².